The largest absolute Gasteiger partial charge is 0.505 e. The average molecular weight is 932 g/mol. The SMILES string of the molecule is CC1=NN(c2ccc(C)c(C)c2)C(=O)C1N=Nc1cccc(-c2cccc(-c3nn[nH]n3)c2)c1O.Cc1ccc(-n2[nH]c(C)c(N=Nc3cccc(-c4cccc(C5=NN=NC5)c4)c3O)c2=O)cc1C. The molecule has 1 amide bonds. The molecule has 2 aliphatic rings. The molecule has 1 unspecified atom stereocenters. The number of nitrogens with one attached hydrogen (secondary N) is 2. The van der Waals surface area contributed by atoms with Crippen LogP contribution in [0.4, 0.5) is 22.7 Å². The third-order valence-corrected chi connectivity index (χ3v) is 11.9. The number of benzene rings is 6. The van der Waals surface area contributed by atoms with Crippen LogP contribution in [0, 0.1) is 34.6 Å². The Morgan fingerprint density at radius 2 is 1.24 bits per heavy atom. The Morgan fingerprint density at radius 3 is 1.87 bits per heavy atom. The molecule has 0 radical (unpaired) electrons. The van der Waals surface area contributed by atoms with Gasteiger partial charge in [-0.05, 0) is 134 Å². The molecule has 10 rings (SSSR count). The molecule has 70 heavy (non-hydrogen) atoms. The quantitative estimate of drug-likeness (QED) is 0.0964. The van der Waals surface area contributed by atoms with Crippen molar-refractivity contribution in [2.24, 2.45) is 41.0 Å². The maximum atomic E-state index is 13.0. The monoisotopic (exact) mass is 931 g/mol. The number of azo groups is 2. The fourth-order valence-electron chi connectivity index (χ4n) is 7.69. The van der Waals surface area contributed by atoms with E-state index in [1.165, 1.54) is 9.69 Å². The minimum atomic E-state index is -0.860. The van der Waals surface area contributed by atoms with Crippen molar-refractivity contribution in [1.82, 2.24) is 30.4 Å². The first kappa shape index (κ1) is 45.8. The molecule has 1 atom stereocenters. The summed E-state index contributed by atoms with van der Waals surface area (Å²) in [6.07, 6.45) is 0. The molecular weight excluding hydrogens is 887 g/mol. The van der Waals surface area contributed by atoms with E-state index in [2.05, 4.69) is 66.7 Å². The summed E-state index contributed by atoms with van der Waals surface area (Å²) in [7, 11) is 0. The van der Waals surface area contributed by atoms with Crippen LogP contribution in [0.15, 0.2) is 167 Å². The van der Waals surface area contributed by atoms with Gasteiger partial charge in [0.1, 0.15) is 17.9 Å². The number of hydrazone groups is 1. The zero-order valence-electron chi connectivity index (χ0n) is 38.9. The lowest BCUT2D eigenvalue weighted by Gasteiger charge is -2.14. The van der Waals surface area contributed by atoms with Crippen LogP contribution < -0.4 is 10.6 Å². The summed E-state index contributed by atoms with van der Waals surface area (Å²) in [5.41, 5.74) is 12.4. The predicted octanol–water partition coefficient (Wildman–Crippen LogP) is 10.8. The molecule has 0 saturated carbocycles. The van der Waals surface area contributed by atoms with Crippen molar-refractivity contribution in [2.45, 2.75) is 47.6 Å². The summed E-state index contributed by atoms with van der Waals surface area (Å²) >= 11 is 0. The summed E-state index contributed by atoms with van der Waals surface area (Å²) < 4.78 is 1.45. The van der Waals surface area contributed by atoms with Crippen molar-refractivity contribution in [3.8, 4) is 50.8 Å². The number of anilines is 1. The minimum absolute atomic E-state index is 0.0289. The highest BCUT2D eigenvalue weighted by Gasteiger charge is 2.35. The van der Waals surface area contributed by atoms with Gasteiger partial charge in [0.15, 0.2) is 23.2 Å². The number of phenols is 2. The Balaban J connectivity index is 0.000000174. The molecular formula is C51H45N15O4. The Hall–Kier alpha value is -9.39. The van der Waals surface area contributed by atoms with E-state index in [1.807, 2.05) is 113 Å². The fourth-order valence-corrected chi connectivity index (χ4v) is 7.69. The molecule has 0 aliphatic carbocycles. The molecule has 0 saturated heterocycles. The van der Waals surface area contributed by atoms with Crippen molar-refractivity contribution in [1.29, 1.82) is 0 Å². The molecule has 0 bridgehead atoms. The van der Waals surface area contributed by atoms with E-state index in [0.29, 0.717) is 40.6 Å². The number of hydrogen-bond donors (Lipinski definition) is 4. The number of tetrazole rings is 1. The number of aromatic amines is 2. The van der Waals surface area contributed by atoms with E-state index in [1.54, 1.807) is 50.2 Å². The van der Waals surface area contributed by atoms with Gasteiger partial charge < -0.3 is 10.2 Å². The highest BCUT2D eigenvalue weighted by atomic mass is 16.3. The lowest BCUT2D eigenvalue weighted by atomic mass is 9.99. The van der Waals surface area contributed by atoms with E-state index in [-0.39, 0.29) is 40.0 Å². The van der Waals surface area contributed by atoms with Gasteiger partial charge in [-0.2, -0.15) is 30.7 Å². The number of aromatic hydroxyl groups is 2. The second-order valence-electron chi connectivity index (χ2n) is 16.7. The Kier molecular flexibility index (Phi) is 12.7. The molecule has 8 aromatic rings. The number of H-pyrrole nitrogens is 2. The van der Waals surface area contributed by atoms with Gasteiger partial charge >= 0.3 is 0 Å². The molecule has 2 aromatic heterocycles. The highest BCUT2D eigenvalue weighted by molar-refractivity contribution is 6.18. The van der Waals surface area contributed by atoms with Gasteiger partial charge in [-0.25, -0.2) is 4.68 Å². The molecule has 0 fully saturated rings. The lowest BCUT2D eigenvalue weighted by Crippen LogP contribution is -2.29. The molecule has 19 heteroatoms. The van der Waals surface area contributed by atoms with Crippen LogP contribution in [-0.4, -0.2) is 70.5 Å². The zero-order valence-corrected chi connectivity index (χ0v) is 38.9. The van der Waals surface area contributed by atoms with Crippen molar-refractivity contribution >= 4 is 40.1 Å². The van der Waals surface area contributed by atoms with Crippen LogP contribution in [0.3, 0.4) is 0 Å². The van der Waals surface area contributed by atoms with Gasteiger partial charge in [0.2, 0.25) is 5.82 Å². The molecule has 0 spiro atoms. The van der Waals surface area contributed by atoms with Crippen LogP contribution in [0.2, 0.25) is 0 Å². The summed E-state index contributed by atoms with van der Waals surface area (Å²) in [6, 6.07) is 36.1. The number of phenolic OH excluding ortho intramolecular Hbond substituents is 2. The van der Waals surface area contributed by atoms with E-state index in [0.717, 1.165) is 55.9 Å². The number of hydrogen-bond acceptors (Lipinski definition) is 15. The summed E-state index contributed by atoms with van der Waals surface area (Å²) in [6.45, 7) is 11.9. The predicted molar refractivity (Wildman–Crippen MR) is 266 cm³/mol. The number of rotatable bonds is 10. The van der Waals surface area contributed by atoms with Crippen molar-refractivity contribution < 1.29 is 15.0 Å². The van der Waals surface area contributed by atoms with Crippen molar-refractivity contribution in [2.75, 3.05) is 11.6 Å². The number of amides is 1. The van der Waals surface area contributed by atoms with Crippen LogP contribution in [0.1, 0.15) is 40.4 Å². The van der Waals surface area contributed by atoms with E-state index in [9.17, 15) is 19.8 Å². The van der Waals surface area contributed by atoms with Crippen LogP contribution in [0.5, 0.6) is 11.5 Å². The van der Waals surface area contributed by atoms with Gasteiger partial charge in [0.25, 0.3) is 11.5 Å². The number of aryl methyl sites for hydroxylation is 5. The van der Waals surface area contributed by atoms with Gasteiger partial charge in [-0.1, -0.05) is 72.8 Å². The maximum Gasteiger partial charge on any atom is 0.299 e. The van der Waals surface area contributed by atoms with Crippen molar-refractivity contribution in [3.05, 3.63) is 165 Å². The standard InChI is InChI=1S/C26H23N7O2.C25H22N8O2/c1-15-10-11-20(12-16(15)2)33-26(35)24(17(3)31-33)30-28-22-9-5-8-21(25(22)34)18-6-4-7-19(13-18)23-14-27-32-29-23;1-14-10-11-19(12-15(14)2)33-25(35)22(16(3)30-33)27-26-21-9-5-8-20(23(21)34)17-6-4-7-18(13-17)24-28-31-32-29-24/h4-13,31,34H,14H2,1-3H3;4-13,22,34H,1-3H3,(H,28,29,31,32). The molecule has 348 valence electrons. The highest BCUT2D eigenvalue weighted by Crippen LogP contribution is 2.40. The van der Waals surface area contributed by atoms with Gasteiger partial charge in [-0.15, -0.1) is 25.5 Å². The lowest BCUT2D eigenvalue weighted by molar-refractivity contribution is -0.117. The molecule has 4 N–H and O–H groups in total. The Labute approximate surface area is 400 Å². The first-order valence-corrected chi connectivity index (χ1v) is 22.0. The summed E-state index contributed by atoms with van der Waals surface area (Å²) in [5.74, 6) is 0.0781. The first-order valence-electron chi connectivity index (χ1n) is 22.0. The normalized spacial score (nSPS) is 14.4. The third-order valence-electron chi connectivity index (χ3n) is 11.9. The summed E-state index contributed by atoms with van der Waals surface area (Å²) in [5, 5.41) is 73.1. The van der Waals surface area contributed by atoms with Crippen LogP contribution in [-0.2, 0) is 4.79 Å². The number of carbonyl (C=O) groups excluding carboxylic acids is 1. The zero-order chi connectivity index (χ0) is 49.1. The number of aromatic nitrogens is 6. The minimum Gasteiger partial charge on any atom is -0.505 e. The van der Waals surface area contributed by atoms with Crippen molar-refractivity contribution in [3.63, 3.8) is 0 Å². The third kappa shape index (κ3) is 9.30. The molecule has 2 aliphatic heterocycles. The van der Waals surface area contributed by atoms with E-state index < -0.39 is 6.04 Å². The average Bonchev–Trinajstić information content (AvgIpc) is 4.20. The smallest absolute Gasteiger partial charge is 0.299 e. The number of para-hydroxylation sites is 2. The molecule has 4 heterocycles. The first-order chi connectivity index (χ1) is 33.8. The number of nitrogens with zero attached hydrogens (tertiary/aromatic N) is 13. The fraction of sp³-hybridized carbons (Fsp3) is 0.157. The molecule has 6 aromatic carbocycles. The second kappa shape index (κ2) is 19.4. The number of carbonyl (C=O) groups is 1. The van der Waals surface area contributed by atoms with Crippen LogP contribution in [0.25, 0.3) is 39.3 Å². The second-order valence-corrected chi connectivity index (χ2v) is 16.7. The van der Waals surface area contributed by atoms with Crippen LogP contribution >= 0.6 is 0 Å². The van der Waals surface area contributed by atoms with Gasteiger partial charge in [-0.3, -0.25) is 14.7 Å². The van der Waals surface area contributed by atoms with Gasteiger partial charge in [0.05, 0.1) is 28.5 Å². The van der Waals surface area contributed by atoms with E-state index in [4.69, 9.17) is 0 Å². The van der Waals surface area contributed by atoms with E-state index >= 15 is 0 Å². The van der Waals surface area contributed by atoms with Gasteiger partial charge in [0, 0.05) is 22.3 Å². The Bertz CT molecular complexity index is 3530. The maximum absolute atomic E-state index is 13.0. The topological polar surface area (TPSA) is 252 Å². The summed E-state index contributed by atoms with van der Waals surface area (Å²) in [4.78, 5) is 26.1. The Morgan fingerprint density at radius 1 is 0.643 bits per heavy atom. The molecule has 19 nitrogen and oxygen atoms in total.